The van der Waals surface area contributed by atoms with Crippen LogP contribution >= 0.6 is 0 Å². The molecule has 1 fully saturated rings. The molecule has 2 aliphatic rings. The number of cyclic esters (lactones) is 1. The lowest BCUT2D eigenvalue weighted by molar-refractivity contribution is -0.119. The molecule has 0 aromatic heterocycles. The average molecular weight is 445 g/mol. The molecule has 2 atom stereocenters. The average Bonchev–Trinajstić information content (AvgIpc) is 3.38. The first kappa shape index (κ1) is 21.7. The number of hydrogen-bond donors (Lipinski definition) is 2. The van der Waals surface area contributed by atoms with E-state index in [1.165, 1.54) is 36.1 Å². The van der Waals surface area contributed by atoms with Crippen molar-refractivity contribution in [2.24, 2.45) is 5.16 Å². The molecule has 2 N–H and O–H groups in total. The number of ether oxygens (including phenoxy) is 1. The van der Waals surface area contributed by atoms with Crippen LogP contribution in [0.2, 0.25) is 0 Å². The van der Waals surface area contributed by atoms with Gasteiger partial charge in [0.15, 0.2) is 6.10 Å². The Bertz CT molecular complexity index is 1090. The normalized spacial score (nSPS) is 20.1. The molecule has 4 rings (SSSR count). The number of rotatable bonds is 6. The monoisotopic (exact) mass is 445 g/mol. The van der Waals surface area contributed by atoms with Crippen molar-refractivity contribution >= 4 is 23.4 Å². The molecule has 1 saturated heterocycles. The third-order valence-corrected chi connectivity index (χ3v) is 5.24. The minimum absolute atomic E-state index is 0.166. The molecular weight excluding hydrogens is 424 g/mol. The van der Waals surface area contributed by atoms with Gasteiger partial charge in [-0.1, -0.05) is 11.2 Å². The molecule has 0 spiro atoms. The van der Waals surface area contributed by atoms with Crippen LogP contribution in [0.25, 0.3) is 11.1 Å². The predicted molar refractivity (Wildman–Crippen MR) is 111 cm³/mol. The molecule has 2 aromatic rings. The number of halogens is 2. The summed E-state index contributed by atoms with van der Waals surface area (Å²) in [5.74, 6) is -1.46. The highest BCUT2D eigenvalue weighted by atomic mass is 19.1. The van der Waals surface area contributed by atoms with Crippen LogP contribution in [-0.2, 0) is 14.4 Å². The van der Waals surface area contributed by atoms with Crippen LogP contribution in [-0.4, -0.2) is 54.7 Å². The number of carbonyl (C=O) groups excluding carboxylic acids is 2. The van der Waals surface area contributed by atoms with Gasteiger partial charge in [0.05, 0.1) is 31.1 Å². The van der Waals surface area contributed by atoms with E-state index in [1.807, 2.05) is 0 Å². The number of aliphatic hydroxyl groups is 1. The molecule has 2 amide bonds. The SMILES string of the molecule is CC(=O)NCC1CN(c2ccc(-c3ccc(C4=NOC(CO)C4)c(F)c3)c(F)c2)C(=O)O1. The van der Waals surface area contributed by atoms with Crippen LogP contribution in [0.4, 0.5) is 19.3 Å². The summed E-state index contributed by atoms with van der Waals surface area (Å²) in [7, 11) is 0. The molecule has 0 radical (unpaired) electrons. The number of aliphatic hydroxyl groups excluding tert-OH is 1. The number of nitrogens with zero attached hydrogens (tertiary/aromatic N) is 2. The third-order valence-electron chi connectivity index (χ3n) is 5.24. The minimum Gasteiger partial charge on any atom is -0.442 e. The van der Waals surface area contributed by atoms with Gasteiger partial charge < -0.3 is 20.0 Å². The Balaban J connectivity index is 1.51. The summed E-state index contributed by atoms with van der Waals surface area (Å²) < 4.78 is 34.7. The van der Waals surface area contributed by atoms with E-state index in [0.29, 0.717) is 17.0 Å². The standard InChI is InChI=1S/C22H21F2N3O5/c1-12(29)25-9-16-10-27(22(30)31-16)14-3-5-17(20(24)7-14)13-2-4-18(19(23)6-13)21-8-15(11-28)32-26-21/h2-7,15-16,28H,8-11H2,1H3,(H,25,29). The Kier molecular flexibility index (Phi) is 6.04. The van der Waals surface area contributed by atoms with Crippen molar-refractivity contribution in [2.45, 2.75) is 25.6 Å². The Morgan fingerprint density at radius 1 is 1.19 bits per heavy atom. The van der Waals surface area contributed by atoms with Gasteiger partial charge in [-0.25, -0.2) is 13.6 Å². The second-order valence-electron chi connectivity index (χ2n) is 7.56. The van der Waals surface area contributed by atoms with Crippen LogP contribution in [0.15, 0.2) is 41.6 Å². The topological polar surface area (TPSA) is 100 Å². The maximum Gasteiger partial charge on any atom is 0.414 e. The number of carbonyl (C=O) groups is 2. The van der Waals surface area contributed by atoms with E-state index >= 15 is 0 Å². The highest BCUT2D eigenvalue weighted by Gasteiger charge is 2.33. The molecule has 168 valence electrons. The number of anilines is 1. The van der Waals surface area contributed by atoms with Gasteiger partial charge in [-0.2, -0.15) is 0 Å². The van der Waals surface area contributed by atoms with Gasteiger partial charge in [0.25, 0.3) is 0 Å². The molecular formula is C22H21F2N3O5. The third kappa shape index (κ3) is 4.40. The molecule has 0 aliphatic carbocycles. The highest BCUT2D eigenvalue weighted by molar-refractivity contribution is 6.01. The number of amides is 2. The Hall–Kier alpha value is -3.53. The van der Waals surface area contributed by atoms with Crippen molar-refractivity contribution in [3.63, 3.8) is 0 Å². The fraction of sp³-hybridized carbons (Fsp3) is 0.318. The maximum absolute atomic E-state index is 14.9. The zero-order chi connectivity index (χ0) is 22.8. The smallest absolute Gasteiger partial charge is 0.414 e. The number of nitrogens with one attached hydrogen (secondary N) is 1. The molecule has 32 heavy (non-hydrogen) atoms. The van der Waals surface area contributed by atoms with Gasteiger partial charge in [-0.3, -0.25) is 9.69 Å². The maximum atomic E-state index is 14.9. The van der Waals surface area contributed by atoms with Gasteiger partial charge in [-0.05, 0) is 35.9 Å². The summed E-state index contributed by atoms with van der Waals surface area (Å²) in [4.78, 5) is 29.5. The fourth-order valence-electron chi connectivity index (χ4n) is 3.60. The quantitative estimate of drug-likeness (QED) is 0.712. The van der Waals surface area contributed by atoms with Gasteiger partial charge in [-0.15, -0.1) is 0 Å². The molecule has 10 heteroatoms. The predicted octanol–water partition coefficient (Wildman–Crippen LogP) is 2.58. The van der Waals surface area contributed by atoms with Gasteiger partial charge in [0, 0.05) is 24.5 Å². The van der Waals surface area contributed by atoms with Gasteiger partial charge in [0.2, 0.25) is 5.91 Å². The Labute approximate surface area is 182 Å². The molecule has 0 bridgehead atoms. The van der Waals surface area contributed by atoms with Crippen molar-refractivity contribution in [1.29, 1.82) is 0 Å². The first-order valence-corrected chi connectivity index (χ1v) is 10.0. The summed E-state index contributed by atoms with van der Waals surface area (Å²) in [5.41, 5.74) is 1.39. The molecule has 2 unspecified atom stereocenters. The Morgan fingerprint density at radius 2 is 1.94 bits per heavy atom. The summed E-state index contributed by atoms with van der Waals surface area (Å²) in [5, 5.41) is 15.5. The van der Waals surface area contributed by atoms with Crippen LogP contribution in [0.3, 0.4) is 0 Å². The number of benzene rings is 2. The lowest BCUT2D eigenvalue weighted by atomic mass is 9.99. The number of oxime groups is 1. The lowest BCUT2D eigenvalue weighted by Crippen LogP contribution is -2.33. The molecule has 2 aromatic carbocycles. The summed E-state index contributed by atoms with van der Waals surface area (Å²) in [6.07, 6.45) is -1.39. The van der Waals surface area contributed by atoms with E-state index < -0.39 is 29.9 Å². The Morgan fingerprint density at radius 3 is 2.59 bits per heavy atom. The minimum atomic E-state index is -0.636. The molecule has 0 saturated carbocycles. The molecule has 2 aliphatic heterocycles. The van der Waals surface area contributed by atoms with E-state index in [4.69, 9.17) is 14.7 Å². The molecule has 2 heterocycles. The van der Waals surface area contributed by atoms with Gasteiger partial charge >= 0.3 is 6.09 Å². The zero-order valence-electron chi connectivity index (χ0n) is 17.2. The largest absolute Gasteiger partial charge is 0.442 e. The second kappa shape index (κ2) is 8.91. The van der Waals surface area contributed by atoms with E-state index in [-0.39, 0.29) is 43.2 Å². The van der Waals surface area contributed by atoms with Crippen LogP contribution in [0.1, 0.15) is 18.9 Å². The summed E-state index contributed by atoms with van der Waals surface area (Å²) in [6, 6.07) is 8.46. The van der Waals surface area contributed by atoms with E-state index in [1.54, 1.807) is 12.1 Å². The highest BCUT2D eigenvalue weighted by Crippen LogP contribution is 2.31. The second-order valence-corrected chi connectivity index (χ2v) is 7.56. The first-order valence-electron chi connectivity index (χ1n) is 10.0. The molecule has 8 nitrogen and oxygen atoms in total. The van der Waals surface area contributed by atoms with Crippen molar-refractivity contribution in [3.05, 3.63) is 53.6 Å². The van der Waals surface area contributed by atoms with Crippen molar-refractivity contribution in [3.8, 4) is 11.1 Å². The van der Waals surface area contributed by atoms with Crippen molar-refractivity contribution in [2.75, 3.05) is 24.6 Å². The fourth-order valence-corrected chi connectivity index (χ4v) is 3.60. The van der Waals surface area contributed by atoms with Crippen LogP contribution in [0, 0.1) is 11.6 Å². The van der Waals surface area contributed by atoms with Gasteiger partial charge in [0.1, 0.15) is 17.7 Å². The van der Waals surface area contributed by atoms with E-state index in [9.17, 15) is 18.4 Å². The van der Waals surface area contributed by atoms with E-state index in [0.717, 1.165) is 0 Å². The first-order chi connectivity index (χ1) is 15.4. The van der Waals surface area contributed by atoms with E-state index in [2.05, 4.69) is 10.5 Å². The van der Waals surface area contributed by atoms with Crippen LogP contribution in [0.5, 0.6) is 0 Å². The van der Waals surface area contributed by atoms with Crippen LogP contribution < -0.4 is 10.2 Å². The van der Waals surface area contributed by atoms with Crippen molar-refractivity contribution in [1.82, 2.24) is 5.32 Å². The summed E-state index contributed by atoms with van der Waals surface area (Å²) >= 11 is 0. The zero-order valence-corrected chi connectivity index (χ0v) is 17.2. The summed E-state index contributed by atoms with van der Waals surface area (Å²) in [6.45, 7) is 1.47. The lowest BCUT2D eigenvalue weighted by Gasteiger charge is -2.15. The van der Waals surface area contributed by atoms with Crippen molar-refractivity contribution < 1.29 is 33.1 Å². The number of hydrogen-bond acceptors (Lipinski definition) is 6.